The highest BCUT2D eigenvalue weighted by Crippen LogP contribution is 2.14. The molecule has 0 bridgehead atoms. The highest BCUT2D eigenvalue weighted by molar-refractivity contribution is 7.85. The third-order valence-electron chi connectivity index (χ3n) is 7.02. The summed E-state index contributed by atoms with van der Waals surface area (Å²) < 4.78 is 31.1. The van der Waals surface area contributed by atoms with E-state index in [2.05, 4.69) is 38.0 Å². The summed E-state index contributed by atoms with van der Waals surface area (Å²) in [6.07, 6.45) is 24.6. The van der Waals surface area contributed by atoms with Crippen LogP contribution in [0.2, 0.25) is 0 Å². The molecule has 0 N–H and O–H groups in total. The van der Waals surface area contributed by atoms with E-state index in [-0.39, 0.29) is 6.10 Å². The van der Waals surface area contributed by atoms with E-state index < -0.39 is 10.8 Å². The Morgan fingerprint density at radius 2 is 1.35 bits per heavy atom. The van der Waals surface area contributed by atoms with Crippen molar-refractivity contribution in [3.8, 4) is 5.88 Å². The molecule has 1 heterocycles. The van der Waals surface area contributed by atoms with E-state index in [4.69, 9.17) is 14.2 Å². The van der Waals surface area contributed by atoms with Crippen LogP contribution in [0.3, 0.4) is 0 Å². The third kappa shape index (κ3) is 24.7. The van der Waals surface area contributed by atoms with Gasteiger partial charge in [0.2, 0.25) is 5.88 Å². The Labute approximate surface area is 249 Å². The van der Waals surface area contributed by atoms with Gasteiger partial charge in [0.1, 0.15) is 19.0 Å². The molecule has 0 saturated carbocycles. The number of likely N-dealkylation sites (N-methyl/N-ethyl adjacent to an activating group) is 1. The van der Waals surface area contributed by atoms with Gasteiger partial charge in [0.05, 0.1) is 46.7 Å². The normalized spacial score (nSPS) is 13.4. The summed E-state index contributed by atoms with van der Waals surface area (Å²) in [4.78, 5) is 8.09. The fourth-order valence-electron chi connectivity index (χ4n) is 4.49. The van der Waals surface area contributed by atoms with Crippen LogP contribution in [0.25, 0.3) is 0 Å². The SMILES string of the molecule is CCCCCCCCCCCCCCCCCCOCC(CS(=O)CCOCC[N+](C)(C)C)Oc1ccncn1. The molecule has 7 nitrogen and oxygen atoms in total. The van der Waals surface area contributed by atoms with Gasteiger partial charge in [-0.25, -0.2) is 9.97 Å². The zero-order valence-electron chi connectivity index (χ0n) is 26.5. The Hall–Kier alpha value is -1.09. The maximum absolute atomic E-state index is 12.7. The van der Waals surface area contributed by atoms with Crippen molar-refractivity contribution < 1.29 is 22.9 Å². The lowest BCUT2D eigenvalue weighted by molar-refractivity contribution is -0.870. The Morgan fingerprint density at radius 1 is 0.775 bits per heavy atom. The van der Waals surface area contributed by atoms with Crippen molar-refractivity contribution in [2.45, 2.75) is 116 Å². The van der Waals surface area contributed by atoms with Crippen LogP contribution in [-0.2, 0) is 20.3 Å². The van der Waals surface area contributed by atoms with E-state index in [1.165, 1.54) is 103 Å². The van der Waals surface area contributed by atoms with Crippen molar-refractivity contribution in [2.75, 3.05) is 65.6 Å². The maximum Gasteiger partial charge on any atom is 0.216 e. The zero-order chi connectivity index (χ0) is 29.2. The summed E-state index contributed by atoms with van der Waals surface area (Å²) in [6, 6.07) is 1.72. The van der Waals surface area contributed by atoms with Crippen molar-refractivity contribution in [3.05, 3.63) is 18.6 Å². The highest BCUT2D eigenvalue weighted by atomic mass is 32.2. The molecule has 0 aliphatic heterocycles. The summed E-state index contributed by atoms with van der Waals surface area (Å²) in [5, 5.41) is 0. The topological polar surface area (TPSA) is 70.5 Å². The van der Waals surface area contributed by atoms with Crippen LogP contribution in [0.4, 0.5) is 0 Å². The second kappa shape index (κ2) is 25.6. The van der Waals surface area contributed by atoms with Gasteiger partial charge < -0.3 is 18.7 Å². The van der Waals surface area contributed by atoms with Gasteiger partial charge in [-0.15, -0.1) is 0 Å². The number of hydrogen-bond donors (Lipinski definition) is 0. The largest absolute Gasteiger partial charge is 0.471 e. The molecule has 234 valence electrons. The first-order valence-electron chi connectivity index (χ1n) is 16.1. The lowest BCUT2D eigenvalue weighted by Crippen LogP contribution is -2.37. The number of quaternary nitrogens is 1. The number of ether oxygens (including phenoxy) is 3. The van der Waals surface area contributed by atoms with Crippen molar-refractivity contribution in [2.24, 2.45) is 0 Å². The highest BCUT2D eigenvalue weighted by Gasteiger charge is 2.16. The fourth-order valence-corrected chi connectivity index (χ4v) is 5.53. The summed E-state index contributed by atoms with van der Waals surface area (Å²) in [5.74, 6) is 1.39. The molecule has 0 saturated heterocycles. The van der Waals surface area contributed by atoms with E-state index in [1.54, 1.807) is 12.3 Å². The van der Waals surface area contributed by atoms with Crippen LogP contribution in [0, 0.1) is 0 Å². The van der Waals surface area contributed by atoms with Gasteiger partial charge in [0.25, 0.3) is 0 Å². The van der Waals surface area contributed by atoms with Crippen LogP contribution in [-0.4, -0.2) is 90.4 Å². The van der Waals surface area contributed by atoms with E-state index in [0.29, 0.717) is 43.8 Å². The minimum Gasteiger partial charge on any atom is -0.471 e. The van der Waals surface area contributed by atoms with Gasteiger partial charge >= 0.3 is 0 Å². The molecule has 40 heavy (non-hydrogen) atoms. The molecule has 2 unspecified atom stereocenters. The molecule has 0 fully saturated rings. The fraction of sp³-hybridized carbons (Fsp3) is 0.875. The minimum absolute atomic E-state index is 0.303. The van der Waals surface area contributed by atoms with E-state index >= 15 is 0 Å². The standard InChI is InChI=1S/C32H62N3O4S/c1-5-6-7-8-9-10-11-12-13-14-15-16-17-18-19-20-24-38-28-31(39-32-21-22-33-30-34-32)29-40(36)27-26-37-25-23-35(2,3)4/h21-22,30-31H,5-20,23-29H2,1-4H3/q+1. The van der Waals surface area contributed by atoms with Gasteiger partial charge in [-0.2, -0.15) is 0 Å². The summed E-state index contributed by atoms with van der Waals surface area (Å²) in [6.45, 7) is 5.50. The van der Waals surface area contributed by atoms with E-state index in [1.807, 2.05) is 0 Å². The number of unbranched alkanes of at least 4 members (excludes halogenated alkanes) is 15. The molecule has 1 aromatic rings. The molecular weight excluding hydrogens is 522 g/mol. The zero-order valence-corrected chi connectivity index (χ0v) is 27.3. The average molecular weight is 585 g/mol. The minimum atomic E-state index is -1.05. The van der Waals surface area contributed by atoms with Crippen LogP contribution >= 0.6 is 0 Å². The third-order valence-corrected chi connectivity index (χ3v) is 8.39. The molecule has 0 radical (unpaired) electrons. The monoisotopic (exact) mass is 584 g/mol. The number of aromatic nitrogens is 2. The quantitative estimate of drug-likeness (QED) is 0.0748. The number of nitrogens with zero attached hydrogens (tertiary/aromatic N) is 3. The first kappa shape index (κ1) is 36.9. The van der Waals surface area contributed by atoms with Gasteiger partial charge in [0, 0.05) is 35.4 Å². The molecule has 1 aromatic heterocycles. The Balaban J connectivity index is 2.07. The maximum atomic E-state index is 12.7. The summed E-state index contributed by atoms with van der Waals surface area (Å²) in [7, 11) is 5.36. The van der Waals surface area contributed by atoms with E-state index in [9.17, 15) is 4.21 Å². The number of hydrogen-bond acceptors (Lipinski definition) is 6. The van der Waals surface area contributed by atoms with Crippen LogP contribution in [0.15, 0.2) is 18.6 Å². The average Bonchev–Trinajstić information content (AvgIpc) is 2.92. The Kier molecular flexibility index (Phi) is 23.6. The molecular formula is C32H62N3O4S+. The van der Waals surface area contributed by atoms with Crippen LogP contribution in [0.5, 0.6) is 5.88 Å². The molecule has 0 spiro atoms. The molecule has 0 aliphatic rings. The van der Waals surface area contributed by atoms with Crippen molar-refractivity contribution >= 4 is 10.8 Å². The van der Waals surface area contributed by atoms with Crippen molar-refractivity contribution in [3.63, 3.8) is 0 Å². The van der Waals surface area contributed by atoms with Crippen molar-refractivity contribution in [1.82, 2.24) is 9.97 Å². The predicted octanol–water partition coefficient (Wildman–Crippen LogP) is 6.97. The predicted molar refractivity (Wildman–Crippen MR) is 168 cm³/mol. The van der Waals surface area contributed by atoms with Crippen LogP contribution < -0.4 is 4.74 Å². The second-order valence-corrected chi connectivity index (χ2v) is 13.7. The first-order chi connectivity index (χ1) is 19.4. The molecule has 8 heteroatoms. The second-order valence-electron chi connectivity index (χ2n) is 12.1. The van der Waals surface area contributed by atoms with Gasteiger partial charge in [0.15, 0.2) is 0 Å². The van der Waals surface area contributed by atoms with Gasteiger partial charge in [-0.1, -0.05) is 103 Å². The lowest BCUT2D eigenvalue weighted by Gasteiger charge is -2.23. The number of rotatable bonds is 29. The van der Waals surface area contributed by atoms with Crippen molar-refractivity contribution in [1.29, 1.82) is 0 Å². The molecule has 0 amide bonds. The molecule has 2 atom stereocenters. The molecule has 0 aromatic carbocycles. The lowest BCUT2D eigenvalue weighted by atomic mass is 10.0. The summed E-state index contributed by atoms with van der Waals surface area (Å²) in [5.41, 5.74) is 0. The Morgan fingerprint density at radius 3 is 1.88 bits per heavy atom. The van der Waals surface area contributed by atoms with E-state index in [0.717, 1.165) is 17.4 Å². The summed E-state index contributed by atoms with van der Waals surface area (Å²) >= 11 is 0. The molecule has 1 rings (SSSR count). The van der Waals surface area contributed by atoms with Crippen LogP contribution in [0.1, 0.15) is 110 Å². The smallest absolute Gasteiger partial charge is 0.216 e. The van der Waals surface area contributed by atoms with Gasteiger partial charge in [-0.05, 0) is 6.42 Å². The Bertz CT molecular complexity index is 703. The molecule has 0 aliphatic carbocycles. The first-order valence-corrected chi connectivity index (χ1v) is 17.6. The van der Waals surface area contributed by atoms with Gasteiger partial charge in [-0.3, -0.25) is 4.21 Å².